The fraction of sp³-hybridized carbons (Fsp3) is 0.222. The van der Waals surface area contributed by atoms with Gasteiger partial charge in [-0.15, -0.1) is 0 Å². The molecule has 4 nitrogen and oxygen atoms in total. The van der Waals surface area contributed by atoms with Gasteiger partial charge in [0.15, 0.2) is 6.10 Å². The Labute approximate surface area is 144 Å². The van der Waals surface area contributed by atoms with Gasteiger partial charge in [0.05, 0.1) is 0 Å². The topological polar surface area (TPSA) is 55.4 Å². The molecule has 1 N–H and O–H groups in total. The molecule has 1 atom stereocenters. The molecule has 2 aromatic rings. The molecular weight excluding hydrogens is 358 g/mol. The van der Waals surface area contributed by atoms with Gasteiger partial charge in [-0.1, -0.05) is 46.3 Å². The normalized spacial score (nSPS) is 11.6. The van der Waals surface area contributed by atoms with Gasteiger partial charge in [-0.25, -0.2) is 0 Å². The van der Waals surface area contributed by atoms with E-state index in [2.05, 4.69) is 21.2 Å². The second kappa shape index (κ2) is 8.48. The van der Waals surface area contributed by atoms with E-state index in [1.165, 1.54) is 0 Å². The molecule has 0 aromatic heterocycles. The summed E-state index contributed by atoms with van der Waals surface area (Å²) in [5.74, 6) is -0.729. The summed E-state index contributed by atoms with van der Waals surface area (Å²) < 4.78 is 6.10. The van der Waals surface area contributed by atoms with Crippen LogP contribution in [0.15, 0.2) is 59.1 Å². The minimum absolute atomic E-state index is 0.250. The van der Waals surface area contributed by atoms with E-state index in [1.54, 1.807) is 19.1 Å². The van der Waals surface area contributed by atoms with E-state index >= 15 is 0 Å². The first-order valence-corrected chi connectivity index (χ1v) is 8.14. The molecule has 0 radical (unpaired) electrons. The average molecular weight is 376 g/mol. The molecule has 0 fully saturated rings. The lowest BCUT2D eigenvalue weighted by Crippen LogP contribution is -2.30. The maximum atomic E-state index is 12.0. The minimum atomic E-state index is -0.832. The van der Waals surface area contributed by atoms with Gasteiger partial charge in [0.25, 0.3) is 5.91 Å². The minimum Gasteiger partial charge on any atom is -0.453 e. The quantitative estimate of drug-likeness (QED) is 0.777. The summed E-state index contributed by atoms with van der Waals surface area (Å²) in [6, 6.07) is 16.9. The Bertz CT molecular complexity index is 656. The number of amides is 1. The van der Waals surface area contributed by atoms with Crippen molar-refractivity contribution in [3.05, 3.63) is 64.6 Å². The van der Waals surface area contributed by atoms with E-state index in [9.17, 15) is 9.59 Å². The zero-order valence-electron chi connectivity index (χ0n) is 12.8. The molecule has 0 saturated carbocycles. The molecule has 0 saturated heterocycles. The highest BCUT2D eigenvalue weighted by atomic mass is 79.9. The standard InChI is InChI=1S/C18H18BrNO3/c1-13(18(22)20-16-10-8-15(19)9-11-16)23-17(21)12-7-14-5-3-2-4-6-14/h2-6,8-11,13H,7,12H2,1H3,(H,20,22). The van der Waals surface area contributed by atoms with E-state index in [1.807, 2.05) is 42.5 Å². The second-order valence-corrected chi connectivity index (χ2v) is 6.03. The number of esters is 1. The zero-order valence-corrected chi connectivity index (χ0v) is 14.4. The van der Waals surface area contributed by atoms with Gasteiger partial charge >= 0.3 is 5.97 Å². The predicted octanol–water partition coefficient (Wildman–Crippen LogP) is 3.95. The molecule has 2 aromatic carbocycles. The lowest BCUT2D eigenvalue weighted by Gasteiger charge is -2.13. The molecule has 0 heterocycles. The first-order chi connectivity index (χ1) is 11.0. The van der Waals surface area contributed by atoms with Crippen LogP contribution in [0.5, 0.6) is 0 Å². The number of ether oxygens (including phenoxy) is 1. The number of rotatable bonds is 6. The molecule has 0 bridgehead atoms. The fourth-order valence-electron chi connectivity index (χ4n) is 1.98. The maximum absolute atomic E-state index is 12.0. The zero-order chi connectivity index (χ0) is 16.7. The summed E-state index contributed by atoms with van der Waals surface area (Å²) in [5.41, 5.74) is 1.72. The van der Waals surface area contributed by atoms with E-state index in [-0.39, 0.29) is 18.3 Å². The van der Waals surface area contributed by atoms with Crippen molar-refractivity contribution < 1.29 is 14.3 Å². The average Bonchev–Trinajstić information content (AvgIpc) is 2.56. The van der Waals surface area contributed by atoms with Gasteiger partial charge in [-0.3, -0.25) is 9.59 Å². The van der Waals surface area contributed by atoms with Crippen LogP contribution < -0.4 is 5.32 Å². The molecule has 5 heteroatoms. The Kier molecular flexibility index (Phi) is 6.35. The Morgan fingerprint density at radius 1 is 1.09 bits per heavy atom. The second-order valence-electron chi connectivity index (χ2n) is 5.11. The van der Waals surface area contributed by atoms with Crippen molar-refractivity contribution in [1.29, 1.82) is 0 Å². The smallest absolute Gasteiger partial charge is 0.306 e. The number of nitrogens with one attached hydrogen (secondary N) is 1. The third kappa shape index (κ3) is 5.87. The van der Waals surface area contributed by atoms with E-state index < -0.39 is 6.10 Å². The van der Waals surface area contributed by atoms with Crippen molar-refractivity contribution in [1.82, 2.24) is 0 Å². The largest absolute Gasteiger partial charge is 0.453 e. The molecule has 1 unspecified atom stereocenters. The number of carbonyl (C=O) groups excluding carboxylic acids is 2. The van der Waals surface area contributed by atoms with Gasteiger partial charge in [0.1, 0.15) is 0 Å². The van der Waals surface area contributed by atoms with Crippen LogP contribution in [0.4, 0.5) is 5.69 Å². The summed E-state index contributed by atoms with van der Waals surface area (Å²) in [6.07, 6.45) is 0.0163. The van der Waals surface area contributed by atoms with Gasteiger partial charge in [-0.2, -0.15) is 0 Å². The van der Waals surface area contributed by atoms with E-state index in [4.69, 9.17) is 4.74 Å². The maximum Gasteiger partial charge on any atom is 0.306 e. The number of halogens is 1. The lowest BCUT2D eigenvalue weighted by atomic mass is 10.1. The molecule has 0 spiro atoms. The van der Waals surface area contributed by atoms with E-state index in [0.29, 0.717) is 12.1 Å². The van der Waals surface area contributed by atoms with E-state index in [0.717, 1.165) is 10.0 Å². The highest BCUT2D eigenvalue weighted by Gasteiger charge is 2.17. The Hall–Kier alpha value is -2.14. The first kappa shape index (κ1) is 17.2. The van der Waals surface area contributed by atoms with Crippen LogP contribution in [0.3, 0.4) is 0 Å². The van der Waals surface area contributed by atoms with Gasteiger partial charge < -0.3 is 10.1 Å². The van der Waals surface area contributed by atoms with Crippen LogP contribution in [0.1, 0.15) is 18.9 Å². The Morgan fingerprint density at radius 2 is 1.74 bits per heavy atom. The van der Waals surface area contributed by atoms with Crippen molar-refractivity contribution in [2.24, 2.45) is 0 Å². The summed E-state index contributed by atoms with van der Waals surface area (Å²) >= 11 is 3.33. The van der Waals surface area contributed by atoms with Crippen LogP contribution in [-0.2, 0) is 20.7 Å². The first-order valence-electron chi connectivity index (χ1n) is 7.34. The van der Waals surface area contributed by atoms with Crippen molar-refractivity contribution in [2.75, 3.05) is 5.32 Å². The number of hydrogen-bond donors (Lipinski definition) is 1. The van der Waals surface area contributed by atoms with Crippen LogP contribution >= 0.6 is 15.9 Å². The number of anilines is 1. The van der Waals surface area contributed by atoms with Crippen LogP contribution in [-0.4, -0.2) is 18.0 Å². The third-order valence-electron chi connectivity index (χ3n) is 3.25. The number of benzene rings is 2. The number of carbonyl (C=O) groups is 2. The molecule has 120 valence electrons. The van der Waals surface area contributed by atoms with Crippen molar-refractivity contribution in [3.8, 4) is 0 Å². The summed E-state index contributed by atoms with van der Waals surface area (Å²) in [4.78, 5) is 23.8. The molecule has 2 rings (SSSR count). The fourth-order valence-corrected chi connectivity index (χ4v) is 2.24. The van der Waals surface area contributed by atoms with Gasteiger partial charge in [0, 0.05) is 16.6 Å². The Balaban J connectivity index is 1.78. The van der Waals surface area contributed by atoms with Crippen molar-refractivity contribution in [2.45, 2.75) is 25.9 Å². The van der Waals surface area contributed by atoms with Gasteiger partial charge in [-0.05, 0) is 43.2 Å². The molecule has 1 amide bonds. The summed E-state index contributed by atoms with van der Waals surface area (Å²) in [7, 11) is 0. The molecule has 0 aliphatic heterocycles. The number of aryl methyl sites for hydroxylation is 1. The molecular formula is C18H18BrNO3. The highest BCUT2D eigenvalue weighted by Crippen LogP contribution is 2.14. The van der Waals surface area contributed by atoms with Crippen LogP contribution in [0, 0.1) is 0 Å². The molecule has 23 heavy (non-hydrogen) atoms. The van der Waals surface area contributed by atoms with Crippen molar-refractivity contribution >= 4 is 33.5 Å². The molecule has 0 aliphatic carbocycles. The number of hydrogen-bond acceptors (Lipinski definition) is 3. The summed E-state index contributed by atoms with van der Waals surface area (Å²) in [5, 5.41) is 2.71. The lowest BCUT2D eigenvalue weighted by molar-refractivity contribution is -0.153. The predicted molar refractivity (Wildman–Crippen MR) is 93.1 cm³/mol. The summed E-state index contributed by atoms with van der Waals surface area (Å²) in [6.45, 7) is 1.56. The Morgan fingerprint density at radius 3 is 2.39 bits per heavy atom. The van der Waals surface area contributed by atoms with Crippen molar-refractivity contribution in [3.63, 3.8) is 0 Å². The third-order valence-corrected chi connectivity index (χ3v) is 3.78. The molecule has 0 aliphatic rings. The van der Waals surface area contributed by atoms with Crippen LogP contribution in [0.25, 0.3) is 0 Å². The monoisotopic (exact) mass is 375 g/mol. The highest BCUT2D eigenvalue weighted by molar-refractivity contribution is 9.10. The van der Waals surface area contributed by atoms with Crippen LogP contribution in [0.2, 0.25) is 0 Å². The SMILES string of the molecule is CC(OC(=O)CCc1ccccc1)C(=O)Nc1ccc(Br)cc1. The van der Waals surface area contributed by atoms with Gasteiger partial charge in [0.2, 0.25) is 0 Å².